The molecule has 0 saturated carbocycles. The third kappa shape index (κ3) is 3.73. The molecule has 19 heavy (non-hydrogen) atoms. The van der Waals surface area contributed by atoms with Crippen molar-refractivity contribution in [3.05, 3.63) is 29.3 Å². The van der Waals surface area contributed by atoms with Gasteiger partial charge in [-0.05, 0) is 55.4 Å². The second-order valence-corrected chi connectivity index (χ2v) is 5.89. The molecule has 2 nitrogen and oxygen atoms in total. The maximum absolute atomic E-state index is 5.74. The fraction of sp³-hybridized carbons (Fsp3) is 0.647. The Morgan fingerprint density at radius 3 is 2.79 bits per heavy atom. The predicted octanol–water partition coefficient (Wildman–Crippen LogP) is 3.86. The Morgan fingerprint density at radius 2 is 2.11 bits per heavy atom. The molecule has 1 aliphatic heterocycles. The summed E-state index contributed by atoms with van der Waals surface area (Å²) in [7, 11) is 0. The summed E-state index contributed by atoms with van der Waals surface area (Å²) in [6.07, 6.45) is 6.83. The van der Waals surface area contributed by atoms with Crippen molar-refractivity contribution in [1.29, 1.82) is 0 Å². The molecule has 1 unspecified atom stereocenters. The second-order valence-electron chi connectivity index (χ2n) is 5.89. The average molecular weight is 260 g/mol. The molecule has 2 heteroatoms. The van der Waals surface area contributed by atoms with E-state index in [1.165, 1.54) is 62.0 Å². The molecule has 0 spiro atoms. The number of nitrogens with two attached hydrogens (primary N) is 1. The molecule has 2 rings (SSSR count). The van der Waals surface area contributed by atoms with Gasteiger partial charge in [0, 0.05) is 25.3 Å². The van der Waals surface area contributed by atoms with Crippen molar-refractivity contribution < 1.29 is 0 Å². The summed E-state index contributed by atoms with van der Waals surface area (Å²) in [6, 6.07) is 6.75. The average Bonchev–Trinajstić information content (AvgIpc) is 2.65. The smallest absolute Gasteiger partial charge is 0.0369 e. The van der Waals surface area contributed by atoms with E-state index in [1.54, 1.807) is 0 Å². The Morgan fingerprint density at radius 1 is 1.26 bits per heavy atom. The van der Waals surface area contributed by atoms with Crippen LogP contribution in [0.3, 0.4) is 0 Å². The number of rotatable bonds is 4. The number of hydrogen-bond donors (Lipinski definition) is 1. The van der Waals surface area contributed by atoms with E-state index < -0.39 is 0 Å². The van der Waals surface area contributed by atoms with Gasteiger partial charge in [0.2, 0.25) is 0 Å². The van der Waals surface area contributed by atoms with E-state index >= 15 is 0 Å². The topological polar surface area (TPSA) is 29.3 Å². The molecule has 0 aromatic heterocycles. The van der Waals surface area contributed by atoms with Crippen LogP contribution >= 0.6 is 0 Å². The zero-order valence-electron chi connectivity index (χ0n) is 12.5. The molecule has 1 heterocycles. The third-order valence-corrected chi connectivity index (χ3v) is 4.46. The first-order chi connectivity index (χ1) is 9.24. The molecule has 1 fully saturated rings. The molecular formula is C17H28N2. The highest BCUT2D eigenvalue weighted by Gasteiger charge is 2.16. The van der Waals surface area contributed by atoms with Crippen molar-refractivity contribution in [3.63, 3.8) is 0 Å². The molecule has 0 radical (unpaired) electrons. The van der Waals surface area contributed by atoms with Crippen LogP contribution in [0.25, 0.3) is 0 Å². The van der Waals surface area contributed by atoms with Gasteiger partial charge in [-0.2, -0.15) is 0 Å². The molecular weight excluding hydrogens is 232 g/mol. The van der Waals surface area contributed by atoms with Gasteiger partial charge >= 0.3 is 0 Å². The number of anilines is 1. The molecule has 1 saturated heterocycles. The Bertz CT molecular complexity index is 400. The van der Waals surface area contributed by atoms with E-state index in [4.69, 9.17) is 5.73 Å². The molecule has 1 aromatic rings. The lowest BCUT2D eigenvalue weighted by Gasteiger charge is -2.24. The van der Waals surface area contributed by atoms with Gasteiger partial charge in [0.25, 0.3) is 0 Å². The normalized spacial score (nSPS) is 20.4. The first-order valence-corrected chi connectivity index (χ1v) is 7.79. The van der Waals surface area contributed by atoms with E-state index in [-0.39, 0.29) is 0 Å². The van der Waals surface area contributed by atoms with Crippen molar-refractivity contribution in [3.8, 4) is 0 Å². The standard InChI is InChI=1S/C17H28N2/c1-3-5-15-6-4-10-19(11-9-15)17-8-7-16(13-18)14(2)12-17/h7-8,12,15H,3-6,9-11,13,18H2,1-2H3. The number of benzene rings is 1. The van der Waals surface area contributed by atoms with Gasteiger partial charge in [-0.25, -0.2) is 0 Å². The van der Waals surface area contributed by atoms with Gasteiger partial charge in [-0.15, -0.1) is 0 Å². The van der Waals surface area contributed by atoms with Crippen LogP contribution in [0.15, 0.2) is 18.2 Å². The zero-order chi connectivity index (χ0) is 13.7. The Hall–Kier alpha value is -1.02. The highest BCUT2D eigenvalue weighted by atomic mass is 15.1. The summed E-state index contributed by atoms with van der Waals surface area (Å²) in [5, 5.41) is 0. The minimum atomic E-state index is 0.644. The fourth-order valence-corrected chi connectivity index (χ4v) is 3.23. The predicted molar refractivity (Wildman–Crippen MR) is 83.5 cm³/mol. The Labute approximate surface area is 118 Å². The monoisotopic (exact) mass is 260 g/mol. The van der Waals surface area contributed by atoms with Gasteiger partial charge in [-0.3, -0.25) is 0 Å². The Balaban J connectivity index is 2.03. The summed E-state index contributed by atoms with van der Waals surface area (Å²) < 4.78 is 0. The van der Waals surface area contributed by atoms with E-state index in [1.807, 2.05) is 0 Å². The van der Waals surface area contributed by atoms with Crippen molar-refractivity contribution >= 4 is 5.69 Å². The molecule has 1 aromatic carbocycles. The molecule has 2 N–H and O–H groups in total. The molecule has 106 valence electrons. The van der Waals surface area contributed by atoms with Crippen molar-refractivity contribution in [1.82, 2.24) is 0 Å². The van der Waals surface area contributed by atoms with E-state index in [9.17, 15) is 0 Å². The minimum absolute atomic E-state index is 0.644. The third-order valence-electron chi connectivity index (χ3n) is 4.46. The number of aryl methyl sites for hydroxylation is 1. The molecule has 1 atom stereocenters. The SMILES string of the molecule is CCCC1CCCN(c2ccc(CN)c(C)c2)CC1. The zero-order valence-corrected chi connectivity index (χ0v) is 12.5. The highest BCUT2D eigenvalue weighted by Crippen LogP contribution is 2.26. The summed E-state index contributed by atoms with van der Waals surface area (Å²) in [5.41, 5.74) is 9.72. The number of hydrogen-bond acceptors (Lipinski definition) is 2. The van der Waals surface area contributed by atoms with Gasteiger partial charge < -0.3 is 10.6 Å². The Kier molecular flexibility index (Phi) is 5.26. The summed E-state index contributed by atoms with van der Waals surface area (Å²) in [6.45, 7) is 7.54. The van der Waals surface area contributed by atoms with Crippen LogP contribution in [0.5, 0.6) is 0 Å². The molecule has 0 bridgehead atoms. The highest BCUT2D eigenvalue weighted by molar-refractivity contribution is 5.51. The first-order valence-electron chi connectivity index (χ1n) is 7.79. The van der Waals surface area contributed by atoms with Gasteiger partial charge in [0.15, 0.2) is 0 Å². The van der Waals surface area contributed by atoms with Crippen molar-refractivity contribution in [2.45, 2.75) is 52.5 Å². The molecule has 1 aliphatic rings. The maximum atomic E-state index is 5.74. The van der Waals surface area contributed by atoms with Crippen molar-refractivity contribution in [2.24, 2.45) is 11.7 Å². The van der Waals surface area contributed by atoms with E-state index in [0.29, 0.717) is 6.54 Å². The lowest BCUT2D eigenvalue weighted by molar-refractivity contribution is 0.435. The summed E-state index contributed by atoms with van der Waals surface area (Å²) in [5.74, 6) is 0.944. The van der Waals surface area contributed by atoms with Crippen LogP contribution in [0.4, 0.5) is 5.69 Å². The fourth-order valence-electron chi connectivity index (χ4n) is 3.23. The van der Waals surface area contributed by atoms with Crippen LogP contribution in [0, 0.1) is 12.8 Å². The number of nitrogens with zero attached hydrogens (tertiary/aromatic N) is 1. The minimum Gasteiger partial charge on any atom is -0.372 e. The second kappa shape index (κ2) is 6.95. The van der Waals surface area contributed by atoms with Crippen LogP contribution < -0.4 is 10.6 Å². The summed E-state index contributed by atoms with van der Waals surface area (Å²) in [4.78, 5) is 2.56. The van der Waals surface area contributed by atoms with E-state index in [0.717, 1.165) is 5.92 Å². The van der Waals surface area contributed by atoms with Gasteiger partial charge in [0.1, 0.15) is 0 Å². The first kappa shape index (κ1) is 14.4. The molecule has 0 amide bonds. The van der Waals surface area contributed by atoms with Crippen molar-refractivity contribution in [2.75, 3.05) is 18.0 Å². The summed E-state index contributed by atoms with van der Waals surface area (Å²) >= 11 is 0. The van der Waals surface area contributed by atoms with Crippen LogP contribution in [0.2, 0.25) is 0 Å². The largest absolute Gasteiger partial charge is 0.372 e. The quantitative estimate of drug-likeness (QED) is 0.890. The van der Waals surface area contributed by atoms with Gasteiger partial charge in [-0.1, -0.05) is 25.8 Å². The lowest BCUT2D eigenvalue weighted by atomic mass is 9.96. The van der Waals surface area contributed by atoms with Crippen LogP contribution in [-0.4, -0.2) is 13.1 Å². The van der Waals surface area contributed by atoms with E-state index in [2.05, 4.69) is 36.9 Å². The van der Waals surface area contributed by atoms with Crippen LogP contribution in [-0.2, 0) is 6.54 Å². The lowest BCUT2D eigenvalue weighted by Crippen LogP contribution is -2.24. The maximum Gasteiger partial charge on any atom is 0.0369 e. The van der Waals surface area contributed by atoms with Gasteiger partial charge in [0.05, 0.1) is 0 Å². The van der Waals surface area contributed by atoms with Crippen LogP contribution in [0.1, 0.15) is 50.2 Å². The molecule has 0 aliphatic carbocycles.